The van der Waals surface area contributed by atoms with E-state index < -0.39 is 0 Å². The monoisotopic (exact) mass is 296 g/mol. The molecular weight excluding hydrogens is 280 g/mol. The Morgan fingerprint density at radius 1 is 1.29 bits per heavy atom. The van der Waals surface area contributed by atoms with Crippen LogP contribution in [-0.2, 0) is 22.7 Å². The van der Waals surface area contributed by atoms with Crippen LogP contribution in [0.25, 0.3) is 0 Å². The molecule has 0 radical (unpaired) electrons. The molecule has 2 aliphatic rings. The van der Waals surface area contributed by atoms with Crippen LogP contribution in [0.15, 0.2) is 18.2 Å². The molecule has 0 amide bonds. The lowest BCUT2D eigenvalue weighted by molar-refractivity contribution is 0.105. The highest BCUT2D eigenvalue weighted by molar-refractivity contribution is 9.09. The van der Waals surface area contributed by atoms with Gasteiger partial charge >= 0.3 is 0 Å². The summed E-state index contributed by atoms with van der Waals surface area (Å²) in [5, 5.41) is 0. The minimum Gasteiger partial charge on any atom is -0.378 e. The lowest BCUT2D eigenvalue weighted by atomic mass is 9.92. The Bertz CT molecular complexity index is 419. The van der Waals surface area contributed by atoms with Crippen molar-refractivity contribution in [3.63, 3.8) is 0 Å². The van der Waals surface area contributed by atoms with Gasteiger partial charge in [-0.15, -0.1) is 0 Å². The zero-order valence-electron chi connectivity index (χ0n) is 9.99. The molecule has 1 saturated heterocycles. The maximum absolute atomic E-state index is 5.65. The maximum atomic E-state index is 5.65. The van der Waals surface area contributed by atoms with Gasteiger partial charge in [0.1, 0.15) is 0 Å². The standard InChI is InChI=1S/C14H17BrO2/c1-9-13(4-5-17-9)14(15)10-2-3-11-7-16-8-12(11)6-10/h2-3,6,9,13-14H,4-5,7-8H2,1H3. The number of rotatable bonds is 2. The van der Waals surface area contributed by atoms with Crippen molar-refractivity contribution in [3.8, 4) is 0 Å². The Kier molecular flexibility index (Phi) is 3.24. The van der Waals surface area contributed by atoms with Gasteiger partial charge in [0.25, 0.3) is 0 Å². The number of benzene rings is 1. The van der Waals surface area contributed by atoms with Crippen molar-refractivity contribution in [3.05, 3.63) is 34.9 Å². The fourth-order valence-electron chi connectivity index (χ4n) is 2.74. The number of hydrogen-bond acceptors (Lipinski definition) is 2. The Morgan fingerprint density at radius 3 is 2.88 bits per heavy atom. The normalized spacial score (nSPS) is 29.3. The van der Waals surface area contributed by atoms with E-state index in [2.05, 4.69) is 41.1 Å². The van der Waals surface area contributed by atoms with Gasteiger partial charge < -0.3 is 9.47 Å². The van der Waals surface area contributed by atoms with E-state index in [-0.39, 0.29) is 0 Å². The zero-order valence-corrected chi connectivity index (χ0v) is 11.6. The molecule has 0 aromatic heterocycles. The van der Waals surface area contributed by atoms with Crippen molar-refractivity contribution in [2.24, 2.45) is 5.92 Å². The second-order valence-corrected chi connectivity index (χ2v) is 5.94. The van der Waals surface area contributed by atoms with Crippen molar-refractivity contribution in [1.29, 1.82) is 0 Å². The van der Waals surface area contributed by atoms with Gasteiger partial charge in [0.2, 0.25) is 0 Å². The van der Waals surface area contributed by atoms with Crippen LogP contribution < -0.4 is 0 Å². The highest BCUT2D eigenvalue weighted by atomic mass is 79.9. The molecule has 1 aromatic rings. The Labute approximate surface area is 110 Å². The van der Waals surface area contributed by atoms with Crippen molar-refractivity contribution in [2.75, 3.05) is 6.61 Å². The second kappa shape index (κ2) is 4.71. The Balaban J connectivity index is 1.83. The molecule has 2 heterocycles. The number of alkyl halides is 1. The smallest absolute Gasteiger partial charge is 0.0725 e. The topological polar surface area (TPSA) is 18.5 Å². The first-order chi connectivity index (χ1) is 8.25. The van der Waals surface area contributed by atoms with Crippen LogP contribution in [0.5, 0.6) is 0 Å². The van der Waals surface area contributed by atoms with Gasteiger partial charge in [-0.2, -0.15) is 0 Å². The summed E-state index contributed by atoms with van der Waals surface area (Å²) >= 11 is 3.84. The molecule has 2 aliphatic heterocycles. The van der Waals surface area contributed by atoms with Gasteiger partial charge in [-0.3, -0.25) is 0 Å². The third-order valence-electron chi connectivity index (χ3n) is 3.87. The quantitative estimate of drug-likeness (QED) is 0.777. The van der Waals surface area contributed by atoms with Crippen LogP contribution in [0, 0.1) is 5.92 Å². The van der Waals surface area contributed by atoms with Gasteiger partial charge in [0.05, 0.1) is 19.3 Å². The van der Waals surface area contributed by atoms with E-state index in [0.29, 0.717) is 16.8 Å². The van der Waals surface area contributed by atoms with Gasteiger partial charge in [-0.1, -0.05) is 34.1 Å². The highest BCUT2D eigenvalue weighted by Gasteiger charge is 2.31. The van der Waals surface area contributed by atoms with Gasteiger partial charge in [0, 0.05) is 17.4 Å². The van der Waals surface area contributed by atoms with Crippen molar-refractivity contribution in [2.45, 2.75) is 37.5 Å². The molecule has 92 valence electrons. The molecule has 0 aliphatic carbocycles. The molecule has 3 heteroatoms. The largest absolute Gasteiger partial charge is 0.378 e. The zero-order chi connectivity index (χ0) is 11.8. The fraction of sp³-hybridized carbons (Fsp3) is 0.571. The van der Waals surface area contributed by atoms with Gasteiger partial charge in [-0.25, -0.2) is 0 Å². The molecule has 17 heavy (non-hydrogen) atoms. The first-order valence-corrected chi connectivity index (χ1v) is 7.12. The molecule has 3 atom stereocenters. The van der Waals surface area contributed by atoms with Crippen LogP contribution in [-0.4, -0.2) is 12.7 Å². The highest BCUT2D eigenvalue weighted by Crippen LogP contribution is 2.40. The first kappa shape index (κ1) is 11.7. The first-order valence-electron chi connectivity index (χ1n) is 6.21. The fourth-order valence-corrected chi connectivity index (χ4v) is 3.72. The van der Waals surface area contributed by atoms with E-state index >= 15 is 0 Å². The summed E-state index contributed by atoms with van der Waals surface area (Å²) in [7, 11) is 0. The summed E-state index contributed by atoms with van der Waals surface area (Å²) in [6.45, 7) is 4.59. The summed E-state index contributed by atoms with van der Waals surface area (Å²) in [6, 6.07) is 6.71. The predicted molar refractivity (Wildman–Crippen MR) is 70.1 cm³/mol. The summed E-state index contributed by atoms with van der Waals surface area (Å²) in [5.74, 6) is 0.579. The van der Waals surface area contributed by atoms with Crippen LogP contribution in [0.1, 0.15) is 34.9 Å². The van der Waals surface area contributed by atoms with Crippen molar-refractivity contribution >= 4 is 15.9 Å². The average molecular weight is 297 g/mol. The van der Waals surface area contributed by atoms with Gasteiger partial charge in [-0.05, 0) is 30.0 Å². The Morgan fingerprint density at radius 2 is 2.12 bits per heavy atom. The predicted octanol–water partition coefficient (Wildman–Crippen LogP) is 3.58. The van der Waals surface area contributed by atoms with E-state index in [1.807, 2.05) is 0 Å². The second-order valence-electron chi connectivity index (χ2n) is 4.95. The van der Waals surface area contributed by atoms with Crippen LogP contribution >= 0.6 is 15.9 Å². The number of halogens is 1. The molecular formula is C14H17BrO2. The summed E-state index contributed by atoms with van der Waals surface area (Å²) in [6.07, 6.45) is 1.49. The third-order valence-corrected chi connectivity index (χ3v) is 5.08. The minimum atomic E-state index is 0.351. The number of fused-ring (bicyclic) bond motifs is 1. The van der Waals surface area contributed by atoms with E-state index in [1.54, 1.807) is 0 Å². The summed E-state index contributed by atoms with van der Waals surface area (Å²) < 4.78 is 11.1. The Hall–Kier alpha value is -0.380. The molecule has 0 spiro atoms. The number of hydrogen-bond donors (Lipinski definition) is 0. The van der Waals surface area contributed by atoms with Crippen LogP contribution in [0.4, 0.5) is 0 Å². The van der Waals surface area contributed by atoms with Crippen molar-refractivity contribution in [1.82, 2.24) is 0 Å². The van der Waals surface area contributed by atoms with Crippen molar-refractivity contribution < 1.29 is 9.47 Å². The van der Waals surface area contributed by atoms with Crippen LogP contribution in [0.2, 0.25) is 0 Å². The van der Waals surface area contributed by atoms with E-state index in [1.165, 1.54) is 16.7 Å². The van der Waals surface area contributed by atoms with E-state index in [0.717, 1.165) is 26.2 Å². The lowest BCUT2D eigenvalue weighted by Gasteiger charge is -2.21. The molecule has 1 fully saturated rings. The molecule has 1 aromatic carbocycles. The van der Waals surface area contributed by atoms with Gasteiger partial charge in [0.15, 0.2) is 0 Å². The number of ether oxygens (including phenoxy) is 2. The molecule has 0 bridgehead atoms. The molecule has 0 N–H and O–H groups in total. The lowest BCUT2D eigenvalue weighted by Crippen LogP contribution is -2.16. The SMILES string of the molecule is CC1OCCC1C(Br)c1ccc2c(c1)COC2. The molecule has 3 unspecified atom stereocenters. The third kappa shape index (κ3) is 2.16. The summed E-state index contributed by atoms with van der Waals surface area (Å²) in [5.41, 5.74) is 4.04. The maximum Gasteiger partial charge on any atom is 0.0725 e. The van der Waals surface area contributed by atoms with E-state index in [4.69, 9.17) is 9.47 Å². The molecule has 2 nitrogen and oxygen atoms in total. The minimum absolute atomic E-state index is 0.351. The molecule has 3 rings (SSSR count). The average Bonchev–Trinajstić information content (AvgIpc) is 2.95. The van der Waals surface area contributed by atoms with E-state index in [9.17, 15) is 0 Å². The molecule has 0 saturated carbocycles. The van der Waals surface area contributed by atoms with Crippen LogP contribution in [0.3, 0.4) is 0 Å². The summed E-state index contributed by atoms with van der Waals surface area (Å²) in [4.78, 5) is 0.394.